The first-order valence-electron chi connectivity index (χ1n) is 7.99. The molecule has 8 nitrogen and oxygen atoms in total. The molecule has 0 fully saturated rings. The molecular weight excluding hydrogens is 392 g/mol. The standard InChI is InChI=1S/C17H20N2O6S2/c1-12(17(21)19-13-5-7-14(24-2)8-6-13)25-15(20)9-10-18-27(22,23)16-4-3-11-26-16/h3-8,11-12,18H,9-10H2,1-2H3,(H,19,21)/t12-/m0/s1. The van der Waals surface area contributed by atoms with E-state index in [4.69, 9.17) is 9.47 Å². The van der Waals surface area contributed by atoms with Crippen molar-refractivity contribution in [1.82, 2.24) is 4.72 Å². The lowest BCUT2D eigenvalue weighted by Crippen LogP contribution is -2.31. The molecule has 27 heavy (non-hydrogen) atoms. The molecule has 0 unspecified atom stereocenters. The minimum Gasteiger partial charge on any atom is -0.497 e. The summed E-state index contributed by atoms with van der Waals surface area (Å²) >= 11 is 1.08. The van der Waals surface area contributed by atoms with E-state index in [0.29, 0.717) is 11.4 Å². The molecule has 1 atom stereocenters. The van der Waals surface area contributed by atoms with Gasteiger partial charge < -0.3 is 14.8 Å². The normalized spacial score (nSPS) is 12.2. The SMILES string of the molecule is COc1ccc(NC(=O)[C@H](C)OC(=O)CCNS(=O)(=O)c2cccs2)cc1. The number of sulfonamides is 1. The monoisotopic (exact) mass is 412 g/mol. The fourth-order valence-corrected chi connectivity index (χ4v) is 4.07. The molecule has 1 aromatic heterocycles. The Hall–Kier alpha value is -2.43. The highest BCUT2D eigenvalue weighted by atomic mass is 32.2. The number of thiophene rings is 1. The van der Waals surface area contributed by atoms with E-state index >= 15 is 0 Å². The molecule has 2 N–H and O–H groups in total. The highest BCUT2D eigenvalue weighted by Gasteiger charge is 2.19. The number of carbonyl (C=O) groups excluding carboxylic acids is 2. The van der Waals surface area contributed by atoms with Crippen LogP contribution in [0.1, 0.15) is 13.3 Å². The van der Waals surface area contributed by atoms with Crippen LogP contribution in [0.3, 0.4) is 0 Å². The van der Waals surface area contributed by atoms with E-state index in [2.05, 4.69) is 10.0 Å². The minimum atomic E-state index is -3.63. The Kier molecular flexibility index (Phi) is 7.34. The van der Waals surface area contributed by atoms with Crippen molar-refractivity contribution in [1.29, 1.82) is 0 Å². The zero-order valence-electron chi connectivity index (χ0n) is 14.8. The van der Waals surface area contributed by atoms with E-state index in [9.17, 15) is 18.0 Å². The largest absolute Gasteiger partial charge is 0.497 e. The summed E-state index contributed by atoms with van der Waals surface area (Å²) in [5.41, 5.74) is 0.535. The Morgan fingerprint density at radius 3 is 2.48 bits per heavy atom. The number of methoxy groups -OCH3 is 1. The number of anilines is 1. The highest BCUT2D eigenvalue weighted by Crippen LogP contribution is 2.16. The summed E-state index contributed by atoms with van der Waals surface area (Å²) in [6, 6.07) is 9.78. The van der Waals surface area contributed by atoms with E-state index in [1.54, 1.807) is 35.7 Å². The predicted octanol–water partition coefficient (Wildman–Crippen LogP) is 2.00. The fourth-order valence-electron chi connectivity index (χ4n) is 2.00. The molecule has 0 radical (unpaired) electrons. The average molecular weight is 412 g/mol. The van der Waals surface area contributed by atoms with Crippen molar-refractivity contribution in [2.75, 3.05) is 19.0 Å². The molecule has 2 rings (SSSR count). The van der Waals surface area contributed by atoms with Crippen LogP contribution in [0.5, 0.6) is 5.75 Å². The molecule has 0 spiro atoms. The predicted molar refractivity (Wildman–Crippen MR) is 101 cm³/mol. The van der Waals surface area contributed by atoms with Gasteiger partial charge in [-0.25, -0.2) is 13.1 Å². The number of carbonyl (C=O) groups is 2. The number of esters is 1. The summed E-state index contributed by atoms with van der Waals surface area (Å²) in [5, 5.41) is 4.26. The topological polar surface area (TPSA) is 111 Å². The number of benzene rings is 1. The Balaban J connectivity index is 1.76. The van der Waals surface area contributed by atoms with Crippen molar-refractivity contribution in [3.05, 3.63) is 41.8 Å². The van der Waals surface area contributed by atoms with Crippen molar-refractivity contribution >= 4 is 38.9 Å². The van der Waals surface area contributed by atoms with Gasteiger partial charge in [-0.15, -0.1) is 11.3 Å². The summed E-state index contributed by atoms with van der Waals surface area (Å²) in [4.78, 5) is 23.9. The van der Waals surface area contributed by atoms with Crippen molar-refractivity contribution in [3.63, 3.8) is 0 Å². The number of hydrogen-bond acceptors (Lipinski definition) is 7. The van der Waals surface area contributed by atoms with E-state index in [1.165, 1.54) is 20.1 Å². The van der Waals surface area contributed by atoms with Crippen molar-refractivity contribution in [2.45, 2.75) is 23.7 Å². The zero-order chi connectivity index (χ0) is 19.9. The van der Waals surface area contributed by atoms with Crippen LogP contribution in [0.2, 0.25) is 0 Å². The Morgan fingerprint density at radius 1 is 1.19 bits per heavy atom. The van der Waals surface area contributed by atoms with E-state index in [1.807, 2.05) is 0 Å². The molecule has 0 aliphatic heterocycles. The molecule has 0 saturated heterocycles. The van der Waals surface area contributed by atoms with E-state index in [0.717, 1.165) is 11.3 Å². The van der Waals surface area contributed by atoms with Crippen LogP contribution in [-0.2, 0) is 24.3 Å². The van der Waals surface area contributed by atoms with Crippen molar-refractivity contribution in [3.8, 4) is 5.75 Å². The number of amides is 1. The van der Waals surface area contributed by atoms with Gasteiger partial charge in [0.15, 0.2) is 6.10 Å². The van der Waals surface area contributed by atoms with Gasteiger partial charge in [0.05, 0.1) is 13.5 Å². The lowest BCUT2D eigenvalue weighted by Gasteiger charge is -2.14. The van der Waals surface area contributed by atoms with Gasteiger partial charge in [-0.2, -0.15) is 0 Å². The van der Waals surface area contributed by atoms with Gasteiger partial charge in [0.1, 0.15) is 9.96 Å². The van der Waals surface area contributed by atoms with E-state index < -0.39 is 28.0 Å². The Bertz CT molecular complexity index is 863. The van der Waals surface area contributed by atoms with Crippen LogP contribution < -0.4 is 14.8 Å². The van der Waals surface area contributed by atoms with Gasteiger partial charge in [0, 0.05) is 12.2 Å². The van der Waals surface area contributed by atoms with Gasteiger partial charge >= 0.3 is 5.97 Å². The molecule has 0 aliphatic rings. The summed E-state index contributed by atoms with van der Waals surface area (Å²) in [6.07, 6.45) is -1.21. The summed E-state index contributed by atoms with van der Waals surface area (Å²) in [6.45, 7) is 1.32. The second-order valence-electron chi connectivity index (χ2n) is 5.43. The molecule has 1 heterocycles. The smallest absolute Gasteiger partial charge is 0.307 e. The number of ether oxygens (including phenoxy) is 2. The molecule has 146 valence electrons. The van der Waals surface area contributed by atoms with Gasteiger partial charge in [-0.1, -0.05) is 6.07 Å². The van der Waals surface area contributed by atoms with Crippen LogP contribution in [-0.4, -0.2) is 40.1 Å². The van der Waals surface area contributed by atoms with Crippen LogP contribution in [0.4, 0.5) is 5.69 Å². The minimum absolute atomic E-state index is 0.119. The summed E-state index contributed by atoms with van der Waals surface area (Å²) in [7, 11) is -2.10. The number of rotatable bonds is 9. The Labute approximate surface area is 161 Å². The first-order chi connectivity index (χ1) is 12.8. The first-order valence-corrected chi connectivity index (χ1v) is 10.4. The maximum atomic E-state index is 12.1. The maximum absolute atomic E-state index is 12.1. The average Bonchev–Trinajstić information content (AvgIpc) is 3.17. The van der Waals surface area contributed by atoms with Crippen LogP contribution in [0, 0.1) is 0 Å². The van der Waals surface area contributed by atoms with Crippen LogP contribution in [0.25, 0.3) is 0 Å². The van der Waals surface area contributed by atoms with Gasteiger partial charge in [0.25, 0.3) is 5.91 Å². The molecule has 0 bridgehead atoms. The lowest BCUT2D eigenvalue weighted by molar-refractivity contribution is -0.152. The number of hydrogen-bond donors (Lipinski definition) is 2. The summed E-state index contributed by atoms with van der Waals surface area (Å²) < 4.78 is 36.4. The lowest BCUT2D eigenvalue weighted by atomic mass is 10.3. The quantitative estimate of drug-likeness (QED) is 0.610. The second-order valence-corrected chi connectivity index (χ2v) is 8.37. The van der Waals surface area contributed by atoms with Gasteiger partial charge in [-0.05, 0) is 42.6 Å². The molecule has 1 aromatic carbocycles. The molecular formula is C17H20N2O6S2. The van der Waals surface area contributed by atoms with Gasteiger partial charge in [-0.3, -0.25) is 9.59 Å². The third-order valence-electron chi connectivity index (χ3n) is 3.42. The third kappa shape index (κ3) is 6.35. The molecule has 0 saturated carbocycles. The first kappa shape index (κ1) is 20.9. The third-order valence-corrected chi connectivity index (χ3v) is 6.27. The zero-order valence-corrected chi connectivity index (χ0v) is 16.4. The Morgan fingerprint density at radius 2 is 1.89 bits per heavy atom. The summed E-state index contributed by atoms with van der Waals surface area (Å²) in [5.74, 6) is -0.522. The number of nitrogens with one attached hydrogen (secondary N) is 2. The second kappa shape index (κ2) is 9.49. The van der Waals surface area contributed by atoms with Crippen molar-refractivity contribution < 1.29 is 27.5 Å². The highest BCUT2D eigenvalue weighted by molar-refractivity contribution is 7.91. The van der Waals surface area contributed by atoms with E-state index in [-0.39, 0.29) is 17.2 Å². The van der Waals surface area contributed by atoms with Gasteiger partial charge in [0.2, 0.25) is 10.0 Å². The van der Waals surface area contributed by atoms with Crippen LogP contribution in [0.15, 0.2) is 46.0 Å². The molecule has 1 amide bonds. The fraction of sp³-hybridized carbons (Fsp3) is 0.294. The molecule has 0 aliphatic carbocycles. The molecule has 10 heteroatoms. The van der Waals surface area contributed by atoms with Crippen LogP contribution >= 0.6 is 11.3 Å². The molecule has 2 aromatic rings. The van der Waals surface area contributed by atoms with Crippen molar-refractivity contribution in [2.24, 2.45) is 0 Å². The maximum Gasteiger partial charge on any atom is 0.307 e.